The van der Waals surface area contributed by atoms with Gasteiger partial charge in [-0.2, -0.15) is 0 Å². The lowest BCUT2D eigenvalue weighted by molar-refractivity contribution is 0.120. The molecule has 6 atom stereocenters. The zero-order valence-corrected chi connectivity index (χ0v) is 19.7. The fourth-order valence-corrected chi connectivity index (χ4v) is 5.30. The summed E-state index contributed by atoms with van der Waals surface area (Å²) in [5.41, 5.74) is 0. The number of halogens is 1. The maximum Gasteiger partial charge on any atom is 0.0724 e. The smallest absolute Gasteiger partial charge is 0.0724 e. The Labute approximate surface area is 189 Å². The monoisotopic (exact) mass is 456 g/mol. The molecule has 6 heteroatoms. The van der Waals surface area contributed by atoms with Crippen LogP contribution in [0.15, 0.2) is 30.4 Å². The summed E-state index contributed by atoms with van der Waals surface area (Å²) >= 11 is 7.75. The topological polar surface area (TPSA) is 80.9 Å². The molecule has 0 saturated heterocycles. The summed E-state index contributed by atoms with van der Waals surface area (Å²) in [6, 6.07) is 1.96. The maximum atomic E-state index is 10.4. The third-order valence-corrected chi connectivity index (χ3v) is 7.64. The highest BCUT2D eigenvalue weighted by Gasteiger charge is 2.39. The standard InChI is InChI=1S/C24H37ClO4S/c1-16(15-26)7-5-3-4-6-8-20-21(24(29)14-23(20)28)12-10-18(27)9-11-19-13-22(25)17(2)30-19/h4,6,10,12-13,16,18,20-21,23-24,26-29H,3,5,7-9,11,14-15H2,1-2H3/b6-4-,12-10+/t16?,18-,20+,21+,23-,24+/m0/s1. The predicted octanol–water partition coefficient (Wildman–Crippen LogP) is 4.66. The first-order chi connectivity index (χ1) is 14.3. The van der Waals surface area contributed by atoms with Crippen LogP contribution in [0.3, 0.4) is 0 Å². The second kappa shape index (κ2) is 13.0. The Balaban J connectivity index is 1.81. The van der Waals surface area contributed by atoms with Crippen LogP contribution in [-0.4, -0.2) is 45.3 Å². The second-order valence-electron chi connectivity index (χ2n) is 8.65. The van der Waals surface area contributed by atoms with Gasteiger partial charge in [0.05, 0.1) is 23.3 Å². The molecule has 1 saturated carbocycles. The van der Waals surface area contributed by atoms with Gasteiger partial charge in [-0.3, -0.25) is 0 Å². The van der Waals surface area contributed by atoms with Crippen LogP contribution in [0.25, 0.3) is 0 Å². The van der Waals surface area contributed by atoms with Crippen molar-refractivity contribution >= 4 is 22.9 Å². The summed E-state index contributed by atoms with van der Waals surface area (Å²) in [6.07, 6.45) is 11.7. The summed E-state index contributed by atoms with van der Waals surface area (Å²) in [5.74, 6) is 0.161. The van der Waals surface area contributed by atoms with E-state index in [1.165, 1.54) is 0 Å². The molecule has 30 heavy (non-hydrogen) atoms. The third-order valence-electron chi connectivity index (χ3n) is 6.02. The van der Waals surface area contributed by atoms with Crippen molar-refractivity contribution in [2.24, 2.45) is 17.8 Å². The molecule has 1 fully saturated rings. The molecule has 0 aliphatic heterocycles. The lowest BCUT2D eigenvalue weighted by Gasteiger charge is -2.19. The average molecular weight is 457 g/mol. The van der Waals surface area contributed by atoms with E-state index in [0.717, 1.165) is 40.5 Å². The molecular weight excluding hydrogens is 420 g/mol. The summed E-state index contributed by atoms with van der Waals surface area (Å²) in [6.45, 7) is 4.27. The highest BCUT2D eigenvalue weighted by atomic mass is 35.5. The van der Waals surface area contributed by atoms with Gasteiger partial charge < -0.3 is 20.4 Å². The third kappa shape index (κ3) is 8.10. The highest BCUT2D eigenvalue weighted by Crippen LogP contribution is 2.36. The van der Waals surface area contributed by atoms with E-state index in [4.69, 9.17) is 16.7 Å². The molecule has 0 spiro atoms. The average Bonchev–Trinajstić information content (AvgIpc) is 3.17. The van der Waals surface area contributed by atoms with E-state index in [1.807, 2.05) is 26.0 Å². The zero-order valence-electron chi connectivity index (χ0n) is 18.1. The molecule has 1 unspecified atom stereocenters. The minimum absolute atomic E-state index is 0.0326. The van der Waals surface area contributed by atoms with Gasteiger partial charge in [-0.05, 0) is 63.4 Å². The molecular formula is C24H37ClO4S. The molecule has 1 heterocycles. The molecule has 0 radical (unpaired) electrons. The van der Waals surface area contributed by atoms with Crippen molar-refractivity contribution in [2.75, 3.05) is 6.61 Å². The molecule has 0 aromatic carbocycles. The van der Waals surface area contributed by atoms with Gasteiger partial charge >= 0.3 is 0 Å². The van der Waals surface area contributed by atoms with Crippen molar-refractivity contribution in [1.29, 1.82) is 0 Å². The Hall–Kier alpha value is -0.690. The normalized spacial score (nSPS) is 26.8. The highest BCUT2D eigenvalue weighted by molar-refractivity contribution is 7.12. The largest absolute Gasteiger partial charge is 0.396 e. The van der Waals surface area contributed by atoms with E-state index in [2.05, 4.69) is 12.2 Å². The van der Waals surface area contributed by atoms with Crippen LogP contribution < -0.4 is 0 Å². The van der Waals surface area contributed by atoms with Gasteiger partial charge in [0, 0.05) is 28.7 Å². The first-order valence-electron chi connectivity index (χ1n) is 11.0. The predicted molar refractivity (Wildman–Crippen MR) is 125 cm³/mol. The fraction of sp³-hybridized carbons (Fsp3) is 0.667. The van der Waals surface area contributed by atoms with Crippen molar-refractivity contribution in [1.82, 2.24) is 0 Å². The number of hydrogen-bond acceptors (Lipinski definition) is 5. The lowest BCUT2D eigenvalue weighted by atomic mass is 9.89. The van der Waals surface area contributed by atoms with Gasteiger partial charge in [0.25, 0.3) is 0 Å². The quantitative estimate of drug-likeness (QED) is 0.272. The Morgan fingerprint density at radius 1 is 1.23 bits per heavy atom. The number of aryl methyl sites for hydroxylation is 2. The first kappa shape index (κ1) is 25.6. The van der Waals surface area contributed by atoms with E-state index in [9.17, 15) is 15.3 Å². The van der Waals surface area contributed by atoms with E-state index in [-0.39, 0.29) is 18.4 Å². The van der Waals surface area contributed by atoms with Gasteiger partial charge in [-0.1, -0.05) is 42.8 Å². The number of rotatable bonds is 12. The minimum atomic E-state index is -0.583. The van der Waals surface area contributed by atoms with Gasteiger partial charge in [-0.15, -0.1) is 11.3 Å². The first-order valence-corrected chi connectivity index (χ1v) is 12.2. The van der Waals surface area contributed by atoms with Crippen LogP contribution in [-0.2, 0) is 6.42 Å². The van der Waals surface area contributed by atoms with E-state index < -0.39 is 18.3 Å². The van der Waals surface area contributed by atoms with Crippen molar-refractivity contribution in [2.45, 2.75) is 77.1 Å². The molecule has 170 valence electrons. The number of allylic oxidation sites excluding steroid dienone is 2. The molecule has 1 aliphatic rings. The molecule has 0 bridgehead atoms. The van der Waals surface area contributed by atoms with Gasteiger partial charge in [0.1, 0.15) is 0 Å². The number of thiophene rings is 1. The fourth-order valence-electron chi connectivity index (χ4n) is 4.04. The lowest BCUT2D eigenvalue weighted by Crippen LogP contribution is -2.20. The van der Waals surface area contributed by atoms with Gasteiger partial charge in [-0.25, -0.2) is 0 Å². The number of aliphatic hydroxyl groups excluding tert-OH is 4. The molecule has 1 aromatic rings. The zero-order chi connectivity index (χ0) is 22.1. The summed E-state index contributed by atoms with van der Waals surface area (Å²) in [7, 11) is 0. The Morgan fingerprint density at radius 3 is 2.67 bits per heavy atom. The van der Waals surface area contributed by atoms with Gasteiger partial charge in [0.2, 0.25) is 0 Å². The van der Waals surface area contributed by atoms with E-state index >= 15 is 0 Å². The van der Waals surface area contributed by atoms with Gasteiger partial charge in [0.15, 0.2) is 0 Å². The molecule has 4 nitrogen and oxygen atoms in total. The number of hydrogen-bond donors (Lipinski definition) is 4. The van der Waals surface area contributed by atoms with Crippen LogP contribution in [0.5, 0.6) is 0 Å². The van der Waals surface area contributed by atoms with Crippen LogP contribution in [0.1, 0.15) is 55.2 Å². The van der Waals surface area contributed by atoms with Crippen LogP contribution in [0.2, 0.25) is 5.02 Å². The van der Waals surface area contributed by atoms with E-state index in [0.29, 0.717) is 25.2 Å². The molecule has 1 aromatic heterocycles. The van der Waals surface area contributed by atoms with E-state index in [1.54, 1.807) is 17.4 Å². The Bertz CT molecular complexity index is 667. The number of aliphatic hydroxyl groups is 4. The molecule has 1 aliphatic carbocycles. The van der Waals surface area contributed by atoms with Crippen LogP contribution >= 0.6 is 22.9 Å². The maximum absolute atomic E-state index is 10.4. The van der Waals surface area contributed by atoms with Crippen LogP contribution in [0.4, 0.5) is 0 Å². The molecule has 0 amide bonds. The Morgan fingerprint density at radius 2 is 2.00 bits per heavy atom. The van der Waals surface area contributed by atoms with Crippen molar-refractivity contribution in [3.63, 3.8) is 0 Å². The van der Waals surface area contributed by atoms with Crippen LogP contribution in [0, 0.1) is 24.7 Å². The Kier molecular flexibility index (Phi) is 11.1. The minimum Gasteiger partial charge on any atom is -0.396 e. The second-order valence-corrected chi connectivity index (χ2v) is 10.4. The summed E-state index contributed by atoms with van der Waals surface area (Å²) in [4.78, 5) is 2.26. The number of unbranched alkanes of at least 4 members (excludes halogenated alkanes) is 1. The molecule has 4 N–H and O–H groups in total. The van der Waals surface area contributed by atoms with Crippen molar-refractivity contribution in [3.8, 4) is 0 Å². The van der Waals surface area contributed by atoms with Crippen molar-refractivity contribution in [3.05, 3.63) is 45.1 Å². The SMILES string of the molecule is Cc1sc(CC[C@H](O)/C=C/[C@@H]2[C@@H](C/C=C\CCCC(C)CO)[C@@H](O)C[C@H]2O)cc1Cl. The summed E-state index contributed by atoms with van der Waals surface area (Å²) in [5, 5.41) is 40.9. The molecule has 2 rings (SSSR count). The summed E-state index contributed by atoms with van der Waals surface area (Å²) < 4.78 is 0. The van der Waals surface area contributed by atoms with Crippen molar-refractivity contribution < 1.29 is 20.4 Å².